The van der Waals surface area contributed by atoms with Gasteiger partial charge < -0.3 is 8.82 Å². The Kier molecular flexibility index (Phi) is 4.76. The van der Waals surface area contributed by atoms with Gasteiger partial charge in [0.25, 0.3) is 0 Å². The minimum atomic E-state index is 0.386. The van der Waals surface area contributed by atoms with Crippen molar-refractivity contribution < 1.29 is 4.42 Å². The standard InChI is InChI=1S/C27H26N4O/c1-19-11-12-25-29-26(20-7-3-2-4-8-20)23(31(25)17-19)18-30-15-13-21(14-16-30)27-28-22-9-5-6-10-24(22)32-27/h2-12,17,21H,13-16,18H2,1H3. The molecule has 0 unspecified atom stereocenters. The molecule has 1 saturated heterocycles. The molecule has 0 amide bonds. The Bertz CT molecular complexity index is 1340. The molecule has 32 heavy (non-hydrogen) atoms. The Morgan fingerprint density at radius 2 is 1.69 bits per heavy atom. The third-order valence-corrected chi connectivity index (χ3v) is 6.53. The van der Waals surface area contributed by atoms with Crippen LogP contribution >= 0.6 is 0 Å². The average Bonchev–Trinajstić information content (AvgIpc) is 3.42. The summed E-state index contributed by atoms with van der Waals surface area (Å²) in [7, 11) is 0. The van der Waals surface area contributed by atoms with Crippen molar-refractivity contribution in [3.05, 3.63) is 90.1 Å². The fourth-order valence-electron chi connectivity index (χ4n) is 4.79. The van der Waals surface area contributed by atoms with Gasteiger partial charge in [-0.15, -0.1) is 0 Å². The molecule has 0 atom stereocenters. The highest BCUT2D eigenvalue weighted by Gasteiger charge is 2.26. The van der Waals surface area contributed by atoms with Crippen LogP contribution in [-0.2, 0) is 6.54 Å². The fourth-order valence-corrected chi connectivity index (χ4v) is 4.79. The predicted molar refractivity (Wildman–Crippen MR) is 127 cm³/mol. The molecule has 0 spiro atoms. The number of aryl methyl sites for hydroxylation is 1. The number of oxazole rings is 1. The maximum atomic E-state index is 6.05. The summed E-state index contributed by atoms with van der Waals surface area (Å²) in [6.07, 6.45) is 4.32. The van der Waals surface area contributed by atoms with Gasteiger partial charge in [-0.1, -0.05) is 48.5 Å². The maximum Gasteiger partial charge on any atom is 0.198 e. The van der Waals surface area contributed by atoms with E-state index < -0.39 is 0 Å². The Hall–Kier alpha value is -3.44. The number of benzene rings is 2. The molecule has 1 aliphatic heterocycles. The number of pyridine rings is 1. The quantitative estimate of drug-likeness (QED) is 0.366. The summed E-state index contributed by atoms with van der Waals surface area (Å²) >= 11 is 0. The van der Waals surface area contributed by atoms with Gasteiger partial charge in [0.15, 0.2) is 11.5 Å². The van der Waals surface area contributed by atoms with E-state index in [0.717, 1.165) is 60.8 Å². The first-order valence-electron chi connectivity index (χ1n) is 11.4. The van der Waals surface area contributed by atoms with E-state index in [2.05, 4.69) is 64.9 Å². The van der Waals surface area contributed by atoms with Crippen molar-refractivity contribution in [2.24, 2.45) is 0 Å². The smallest absolute Gasteiger partial charge is 0.198 e. The number of aromatic nitrogens is 3. The van der Waals surface area contributed by atoms with Crippen molar-refractivity contribution in [3.8, 4) is 11.3 Å². The highest BCUT2D eigenvalue weighted by molar-refractivity contribution is 5.72. The van der Waals surface area contributed by atoms with Gasteiger partial charge in [-0.3, -0.25) is 4.90 Å². The molecular formula is C27H26N4O. The summed E-state index contributed by atoms with van der Waals surface area (Å²) in [4.78, 5) is 12.3. The number of fused-ring (bicyclic) bond motifs is 2. The summed E-state index contributed by atoms with van der Waals surface area (Å²) in [5, 5.41) is 0. The number of likely N-dealkylation sites (tertiary alicyclic amines) is 1. The second-order valence-electron chi connectivity index (χ2n) is 8.78. The minimum Gasteiger partial charge on any atom is -0.440 e. The van der Waals surface area contributed by atoms with Crippen LogP contribution in [0.5, 0.6) is 0 Å². The van der Waals surface area contributed by atoms with E-state index in [4.69, 9.17) is 14.4 Å². The Morgan fingerprint density at radius 1 is 0.906 bits per heavy atom. The molecule has 6 rings (SSSR count). The molecule has 4 heterocycles. The summed E-state index contributed by atoms with van der Waals surface area (Å²) in [5.74, 6) is 1.28. The first-order chi connectivity index (χ1) is 15.7. The molecule has 160 valence electrons. The van der Waals surface area contributed by atoms with E-state index in [0.29, 0.717) is 5.92 Å². The maximum absolute atomic E-state index is 6.05. The number of hydrogen-bond donors (Lipinski definition) is 0. The Balaban J connectivity index is 1.26. The third-order valence-electron chi connectivity index (χ3n) is 6.53. The van der Waals surface area contributed by atoms with Crippen LogP contribution in [0.2, 0.25) is 0 Å². The molecule has 5 aromatic rings. The van der Waals surface area contributed by atoms with Crippen molar-refractivity contribution in [1.29, 1.82) is 0 Å². The highest BCUT2D eigenvalue weighted by Crippen LogP contribution is 2.32. The molecule has 0 radical (unpaired) electrons. The lowest BCUT2D eigenvalue weighted by molar-refractivity contribution is 0.192. The van der Waals surface area contributed by atoms with Gasteiger partial charge in [-0.25, -0.2) is 9.97 Å². The van der Waals surface area contributed by atoms with Crippen molar-refractivity contribution in [1.82, 2.24) is 19.3 Å². The predicted octanol–water partition coefficient (Wildman–Crippen LogP) is 5.83. The molecular weight excluding hydrogens is 396 g/mol. The molecule has 5 heteroatoms. The molecule has 0 bridgehead atoms. The van der Waals surface area contributed by atoms with Gasteiger partial charge >= 0.3 is 0 Å². The zero-order valence-corrected chi connectivity index (χ0v) is 18.2. The van der Waals surface area contributed by atoms with E-state index >= 15 is 0 Å². The van der Waals surface area contributed by atoms with Crippen LogP contribution in [0.25, 0.3) is 28.0 Å². The molecule has 1 aliphatic rings. The fraction of sp³-hybridized carbons (Fsp3) is 0.259. The molecule has 0 N–H and O–H groups in total. The number of piperidine rings is 1. The summed E-state index contributed by atoms with van der Waals surface area (Å²) in [6, 6.07) is 22.8. The molecule has 0 saturated carbocycles. The van der Waals surface area contributed by atoms with E-state index in [1.54, 1.807) is 0 Å². The van der Waals surface area contributed by atoms with Gasteiger partial charge in [-0.2, -0.15) is 0 Å². The number of imidazole rings is 1. The van der Waals surface area contributed by atoms with Gasteiger partial charge in [0.05, 0.1) is 11.4 Å². The lowest BCUT2D eigenvalue weighted by Crippen LogP contribution is -2.33. The third kappa shape index (κ3) is 3.49. The first-order valence-corrected chi connectivity index (χ1v) is 11.4. The molecule has 5 nitrogen and oxygen atoms in total. The first kappa shape index (κ1) is 19.3. The van der Waals surface area contributed by atoms with Gasteiger partial charge in [0.2, 0.25) is 0 Å². The van der Waals surface area contributed by atoms with Crippen LogP contribution < -0.4 is 0 Å². The summed E-state index contributed by atoms with van der Waals surface area (Å²) < 4.78 is 8.32. The molecule has 3 aromatic heterocycles. The van der Waals surface area contributed by atoms with E-state index in [9.17, 15) is 0 Å². The number of hydrogen-bond acceptors (Lipinski definition) is 4. The monoisotopic (exact) mass is 422 g/mol. The zero-order valence-electron chi connectivity index (χ0n) is 18.2. The second kappa shape index (κ2) is 7.92. The number of nitrogens with zero attached hydrogens (tertiary/aromatic N) is 4. The number of para-hydroxylation sites is 2. The lowest BCUT2D eigenvalue weighted by Gasteiger charge is -2.30. The zero-order chi connectivity index (χ0) is 21.5. The van der Waals surface area contributed by atoms with Gasteiger partial charge in [0, 0.05) is 24.2 Å². The number of rotatable bonds is 4. The average molecular weight is 423 g/mol. The lowest BCUT2D eigenvalue weighted by atomic mass is 9.96. The van der Waals surface area contributed by atoms with Crippen molar-refractivity contribution in [3.63, 3.8) is 0 Å². The van der Waals surface area contributed by atoms with Crippen molar-refractivity contribution in [2.75, 3.05) is 13.1 Å². The van der Waals surface area contributed by atoms with Crippen LogP contribution in [0.4, 0.5) is 0 Å². The van der Waals surface area contributed by atoms with Gasteiger partial charge in [-0.05, 0) is 56.6 Å². The van der Waals surface area contributed by atoms with Crippen LogP contribution in [0, 0.1) is 6.92 Å². The van der Waals surface area contributed by atoms with Crippen LogP contribution in [-0.4, -0.2) is 32.4 Å². The van der Waals surface area contributed by atoms with Gasteiger partial charge in [0.1, 0.15) is 11.2 Å². The normalized spacial score (nSPS) is 15.7. The minimum absolute atomic E-state index is 0.386. The Morgan fingerprint density at radius 3 is 2.50 bits per heavy atom. The Labute approximate surface area is 187 Å². The van der Waals surface area contributed by atoms with E-state index in [1.807, 2.05) is 24.3 Å². The SMILES string of the molecule is Cc1ccc2nc(-c3ccccc3)c(CN3CCC(c4nc5ccccc5o4)CC3)n2c1. The highest BCUT2D eigenvalue weighted by atomic mass is 16.3. The summed E-state index contributed by atoms with van der Waals surface area (Å²) in [6.45, 7) is 5.07. The molecule has 0 aliphatic carbocycles. The van der Waals surface area contributed by atoms with Crippen LogP contribution in [0.15, 0.2) is 77.3 Å². The molecule has 2 aromatic carbocycles. The summed E-state index contributed by atoms with van der Waals surface area (Å²) in [5.41, 5.74) is 7.60. The van der Waals surface area contributed by atoms with Crippen LogP contribution in [0.3, 0.4) is 0 Å². The van der Waals surface area contributed by atoms with Crippen LogP contribution in [0.1, 0.15) is 35.9 Å². The molecule has 1 fully saturated rings. The van der Waals surface area contributed by atoms with Crippen molar-refractivity contribution >= 4 is 16.7 Å². The largest absolute Gasteiger partial charge is 0.440 e. The van der Waals surface area contributed by atoms with E-state index in [-0.39, 0.29) is 0 Å². The topological polar surface area (TPSA) is 46.6 Å². The van der Waals surface area contributed by atoms with Crippen molar-refractivity contribution in [2.45, 2.75) is 32.2 Å². The second-order valence-corrected chi connectivity index (χ2v) is 8.78. The van der Waals surface area contributed by atoms with E-state index in [1.165, 1.54) is 16.8 Å².